The fourth-order valence-electron chi connectivity index (χ4n) is 5.65. The van der Waals surface area contributed by atoms with Crippen LogP contribution in [-0.2, 0) is 11.3 Å². The first-order valence-corrected chi connectivity index (χ1v) is 13.4. The van der Waals surface area contributed by atoms with E-state index in [4.69, 9.17) is 9.84 Å². The molecule has 2 atom stereocenters. The summed E-state index contributed by atoms with van der Waals surface area (Å²) in [5.74, 6) is -2.27. The van der Waals surface area contributed by atoms with Crippen LogP contribution in [-0.4, -0.2) is 53.5 Å². The van der Waals surface area contributed by atoms with Gasteiger partial charge in [0, 0.05) is 38.5 Å². The molecule has 4 heterocycles. The summed E-state index contributed by atoms with van der Waals surface area (Å²) in [6.07, 6.45) is 4.33. The van der Waals surface area contributed by atoms with Crippen LogP contribution in [0.4, 0.5) is 29.3 Å². The molecule has 3 N–H and O–H groups in total. The molecule has 0 aliphatic carbocycles. The highest BCUT2D eigenvalue weighted by atomic mass is 19.1. The molecule has 2 aliphatic heterocycles. The zero-order chi connectivity index (χ0) is 28.2. The number of halogens is 3. The smallest absolute Gasteiger partial charge is 0.404 e. The van der Waals surface area contributed by atoms with Crippen molar-refractivity contribution in [3.8, 4) is 11.3 Å². The van der Waals surface area contributed by atoms with E-state index in [-0.39, 0.29) is 30.1 Å². The zero-order valence-electron chi connectivity index (χ0n) is 22.2. The highest BCUT2D eigenvalue weighted by Gasteiger charge is 2.28. The van der Waals surface area contributed by atoms with Crippen molar-refractivity contribution in [1.29, 1.82) is 0 Å². The molecular formula is C29H32F3N5O3. The van der Waals surface area contributed by atoms with Crippen LogP contribution in [0, 0.1) is 23.4 Å². The molecule has 2 fully saturated rings. The number of anilines is 2. The Labute approximate surface area is 230 Å². The minimum absolute atomic E-state index is 0.00750. The molecule has 0 bridgehead atoms. The van der Waals surface area contributed by atoms with Gasteiger partial charge < -0.3 is 25.4 Å². The lowest BCUT2D eigenvalue weighted by Crippen LogP contribution is -2.50. The summed E-state index contributed by atoms with van der Waals surface area (Å²) >= 11 is 0. The lowest BCUT2D eigenvalue weighted by atomic mass is 9.90. The van der Waals surface area contributed by atoms with Gasteiger partial charge in [-0.25, -0.2) is 22.9 Å². The van der Waals surface area contributed by atoms with Crippen LogP contribution in [0.1, 0.15) is 43.4 Å². The van der Waals surface area contributed by atoms with Crippen LogP contribution in [0.3, 0.4) is 0 Å². The van der Waals surface area contributed by atoms with Crippen LogP contribution in [0.25, 0.3) is 11.3 Å². The number of pyridine rings is 2. The summed E-state index contributed by atoms with van der Waals surface area (Å²) in [5, 5.41) is 15.0. The number of benzene rings is 1. The van der Waals surface area contributed by atoms with Gasteiger partial charge >= 0.3 is 6.09 Å². The van der Waals surface area contributed by atoms with Crippen molar-refractivity contribution in [2.45, 2.75) is 44.7 Å². The first kappa shape index (κ1) is 27.7. The van der Waals surface area contributed by atoms with E-state index in [0.717, 1.165) is 24.7 Å². The number of piperidine rings is 1. The van der Waals surface area contributed by atoms with Crippen LogP contribution in [0.5, 0.6) is 0 Å². The number of nitrogens with zero attached hydrogens (tertiary/aromatic N) is 3. The first-order chi connectivity index (χ1) is 19.3. The highest BCUT2D eigenvalue weighted by molar-refractivity contribution is 5.70. The molecule has 0 saturated carbocycles. The van der Waals surface area contributed by atoms with Gasteiger partial charge in [-0.15, -0.1) is 0 Å². The standard InChI is InChI=1S/C29H32F3N5O3/c1-17-10-21(36-29(38)39)16-37(15-17)26-4-7-33-14-25(26)34-13-20-2-3-22(30)28(35-20)27-23(31)11-19(12-24(27)32)18-5-8-40-9-6-18/h2-4,7,11-12,14,17-18,21,34,36H,5-6,8-10,13,15-16H2,1H3,(H,38,39)/t17-,21+/m1/s1. The Kier molecular flexibility index (Phi) is 8.39. The SMILES string of the molecule is C[C@@H]1C[C@H](NC(=O)O)CN(c2ccncc2NCc2ccc(F)c(-c3c(F)cc(C4CCOCC4)cc3F)n2)C1. The van der Waals surface area contributed by atoms with E-state index >= 15 is 8.78 Å². The molecule has 0 radical (unpaired) electrons. The van der Waals surface area contributed by atoms with E-state index in [1.54, 1.807) is 12.4 Å². The molecule has 5 rings (SSSR count). The van der Waals surface area contributed by atoms with E-state index < -0.39 is 29.1 Å². The fraction of sp³-hybridized carbons (Fsp3) is 0.414. The van der Waals surface area contributed by atoms with Crippen LogP contribution >= 0.6 is 0 Å². The molecule has 2 aliphatic rings. The molecule has 1 amide bonds. The average Bonchev–Trinajstić information content (AvgIpc) is 2.93. The summed E-state index contributed by atoms with van der Waals surface area (Å²) < 4.78 is 50.5. The molecule has 40 heavy (non-hydrogen) atoms. The van der Waals surface area contributed by atoms with E-state index in [9.17, 15) is 9.18 Å². The lowest BCUT2D eigenvalue weighted by molar-refractivity contribution is 0.0852. The monoisotopic (exact) mass is 555 g/mol. The normalized spacial score (nSPS) is 19.9. The van der Waals surface area contributed by atoms with Crippen molar-refractivity contribution in [2.75, 3.05) is 36.5 Å². The van der Waals surface area contributed by atoms with Crippen molar-refractivity contribution >= 4 is 17.5 Å². The molecule has 1 aromatic carbocycles. The Hall–Kier alpha value is -3.86. The minimum Gasteiger partial charge on any atom is -0.465 e. The molecule has 2 aromatic heterocycles. The second-order valence-corrected chi connectivity index (χ2v) is 10.5. The highest BCUT2D eigenvalue weighted by Crippen LogP contribution is 2.34. The number of carboxylic acid groups (broad SMARTS) is 1. The summed E-state index contributed by atoms with van der Waals surface area (Å²) in [6.45, 7) is 4.52. The quantitative estimate of drug-likeness (QED) is 0.352. The largest absolute Gasteiger partial charge is 0.465 e. The van der Waals surface area contributed by atoms with Gasteiger partial charge in [-0.1, -0.05) is 6.92 Å². The number of nitrogens with one attached hydrogen (secondary N) is 2. The lowest BCUT2D eigenvalue weighted by Gasteiger charge is -2.38. The first-order valence-electron chi connectivity index (χ1n) is 13.4. The Morgan fingerprint density at radius 3 is 2.58 bits per heavy atom. The Morgan fingerprint density at radius 1 is 1.10 bits per heavy atom. The Morgan fingerprint density at radius 2 is 1.85 bits per heavy atom. The Balaban J connectivity index is 1.35. The number of amides is 1. The van der Waals surface area contributed by atoms with Gasteiger partial charge in [-0.05, 0) is 67.0 Å². The summed E-state index contributed by atoms with van der Waals surface area (Å²) in [7, 11) is 0. The summed E-state index contributed by atoms with van der Waals surface area (Å²) in [5.41, 5.74) is 1.56. The third-order valence-corrected chi connectivity index (χ3v) is 7.48. The van der Waals surface area contributed by atoms with Gasteiger partial charge in [-0.2, -0.15) is 0 Å². The third-order valence-electron chi connectivity index (χ3n) is 7.48. The molecule has 212 valence electrons. The topological polar surface area (TPSA) is 99.6 Å². The Bertz CT molecular complexity index is 1350. The second kappa shape index (κ2) is 12.1. The summed E-state index contributed by atoms with van der Waals surface area (Å²) in [6, 6.07) is 6.79. The maximum atomic E-state index is 15.2. The van der Waals surface area contributed by atoms with Crippen molar-refractivity contribution in [3.63, 3.8) is 0 Å². The number of hydrogen-bond acceptors (Lipinski definition) is 6. The molecule has 0 unspecified atom stereocenters. The van der Waals surface area contributed by atoms with Crippen molar-refractivity contribution < 1.29 is 27.8 Å². The fourth-order valence-corrected chi connectivity index (χ4v) is 5.65. The zero-order valence-corrected chi connectivity index (χ0v) is 22.2. The number of ether oxygens (including phenoxy) is 1. The van der Waals surface area contributed by atoms with Crippen LogP contribution in [0.15, 0.2) is 42.7 Å². The van der Waals surface area contributed by atoms with Crippen molar-refractivity contribution in [3.05, 3.63) is 71.4 Å². The van der Waals surface area contributed by atoms with E-state index in [1.165, 1.54) is 18.2 Å². The second-order valence-electron chi connectivity index (χ2n) is 10.5. The van der Waals surface area contributed by atoms with Gasteiger partial charge in [0.05, 0.1) is 35.4 Å². The molecule has 2 saturated heterocycles. The van der Waals surface area contributed by atoms with E-state index in [0.29, 0.717) is 49.5 Å². The van der Waals surface area contributed by atoms with Crippen LogP contribution in [0.2, 0.25) is 0 Å². The molecular weight excluding hydrogens is 523 g/mol. The number of rotatable bonds is 7. The third kappa shape index (κ3) is 6.30. The van der Waals surface area contributed by atoms with E-state index in [1.807, 2.05) is 6.07 Å². The van der Waals surface area contributed by atoms with Crippen molar-refractivity contribution in [1.82, 2.24) is 15.3 Å². The van der Waals surface area contributed by atoms with Gasteiger partial charge in [0.1, 0.15) is 23.1 Å². The van der Waals surface area contributed by atoms with Gasteiger partial charge in [0.2, 0.25) is 0 Å². The predicted octanol–water partition coefficient (Wildman–Crippen LogP) is 5.55. The maximum absolute atomic E-state index is 15.2. The van der Waals surface area contributed by atoms with Crippen LogP contribution < -0.4 is 15.5 Å². The summed E-state index contributed by atoms with van der Waals surface area (Å²) in [4.78, 5) is 21.8. The minimum atomic E-state index is -1.06. The average molecular weight is 556 g/mol. The molecule has 8 nitrogen and oxygen atoms in total. The molecule has 0 spiro atoms. The molecule has 3 aromatic rings. The van der Waals surface area contributed by atoms with Gasteiger partial charge in [0.15, 0.2) is 0 Å². The van der Waals surface area contributed by atoms with E-state index in [2.05, 4.69) is 32.4 Å². The van der Waals surface area contributed by atoms with Gasteiger partial charge in [-0.3, -0.25) is 4.98 Å². The molecule has 11 heteroatoms. The number of hydrogen-bond donors (Lipinski definition) is 3. The predicted molar refractivity (Wildman–Crippen MR) is 145 cm³/mol. The number of carbonyl (C=O) groups is 1. The maximum Gasteiger partial charge on any atom is 0.404 e. The number of aromatic nitrogens is 2. The van der Waals surface area contributed by atoms with Crippen molar-refractivity contribution in [2.24, 2.45) is 5.92 Å². The van der Waals surface area contributed by atoms with Gasteiger partial charge in [0.25, 0.3) is 0 Å².